The molecule has 0 unspecified atom stereocenters. The summed E-state index contributed by atoms with van der Waals surface area (Å²) in [5.74, 6) is 7.40. The molecule has 2 rings (SSSR count). The second-order valence-electron chi connectivity index (χ2n) is 6.93. The fraction of sp³-hybridized carbons (Fsp3) is 0.389. The number of rotatable bonds is 2. The van der Waals surface area contributed by atoms with Gasteiger partial charge in [0.2, 0.25) is 0 Å². The van der Waals surface area contributed by atoms with E-state index in [9.17, 15) is 0 Å². The first kappa shape index (κ1) is 15.3. The van der Waals surface area contributed by atoms with Crippen molar-refractivity contribution in [2.24, 2.45) is 7.05 Å². The van der Waals surface area contributed by atoms with Crippen LogP contribution in [0.2, 0.25) is 17.3 Å². The molecule has 0 fully saturated rings. The Kier molecular flexibility index (Phi) is 4.10. The van der Waals surface area contributed by atoms with E-state index in [1.807, 2.05) is 0 Å². The molecule has 0 N–H and O–H groups in total. The van der Waals surface area contributed by atoms with E-state index in [2.05, 4.69) is 80.1 Å². The van der Waals surface area contributed by atoms with E-state index < -0.39 is 13.3 Å². The molecule has 20 heavy (non-hydrogen) atoms. The van der Waals surface area contributed by atoms with Crippen molar-refractivity contribution >= 4 is 17.7 Å². The molecule has 1 heterocycles. The van der Waals surface area contributed by atoms with Gasteiger partial charge in [0, 0.05) is 0 Å². The van der Waals surface area contributed by atoms with Crippen LogP contribution in [0.1, 0.15) is 16.7 Å². The molecular formula is C18H26GeN+. The first-order valence-electron chi connectivity index (χ1n) is 7.28. The SMILES string of the molecule is Cc1ccc(C)c(-c2c[c]([Ge]([CH3])([CH3])[CH3])c(C)c[n+]2C)c1. The van der Waals surface area contributed by atoms with Crippen LogP contribution >= 0.6 is 0 Å². The second kappa shape index (κ2) is 5.36. The molecule has 0 aliphatic rings. The summed E-state index contributed by atoms with van der Waals surface area (Å²) in [5, 5.41) is 0. The Morgan fingerprint density at radius 1 is 0.900 bits per heavy atom. The van der Waals surface area contributed by atoms with Crippen molar-refractivity contribution < 1.29 is 4.57 Å². The van der Waals surface area contributed by atoms with Gasteiger partial charge >= 0.3 is 126 Å². The van der Waals surface area contributed by atoms with Crippen molar-refractivity contribution in [1.82, 2.24) is 0 Å². The van der Waals surface area contributed by atoms with Crippen molar-refractivity contribution in [3.8, 4) is 11.3 Å². The summed E-state index contributed by atoms with van der Waals surface area (Å²) < 4.78 is 3.88. The van der Waals surface area contributed by atoms with Gasteiger partial charge in [0.05, 0.1) is 0 Å². The van der Waals surface area contributed by atoms with Gasteiger partial charge in [-0.1, -0.05) is 0 Å². The molecule has 0 aliphatic carbocycles. The van der Waals surface area contributed by atoms with E-state index in [-0.39, 0.29) is 0 Å². The molecule has 0 saturated carbocycles. The molecule has 2 aromatic rings. The summed E-state index contributed by atoms with van der Waals surface area (Å²) >= 11 is -1.83. The molecule has 1 aromatic carbocycles. The number of aromatic nitrogens is 1. The van der Waals surface area contributed by atoms with Crippen molar-refractivity contribution in [3.05, 3.63) is 47.2 Å². The zero-order valence-corrected chi connectivity index (χ0v) is 15.9. The van der Waals surface area contributed by atoms with E-state index in [0.717, 1.165) is 0 Å². The van der Waals surface area contributed by atoms with E-state index in [1.165, 1.54) is 27.9 Å². The monoisotopic (exact) mass is 330 g/mol. The van der Waals surface area contributed by atoms with Crippen LogP contribution in [0.5, 0.6) is 0 Å². The van der Waals surface area contributed by atoms with Gasteiger partial charge in [0.1, 0.15) is 0 Å². The molecule has 1 nitrogen and oxygen atoms in total. The van der Waals surface area contributed by atoms with E-state index in [1.54, 1.807) is 4.40 Å². The van der Waals surface area contributed by atoms with Crippen molar-refractivity contribution in [2.45, 2.75) is 38.0 Å². The molecule has 0 radical (unpaired) electrons. The van der Waals surface area contributed by atoms with Crippen LogP contribution in [0, 0.1) is 20.8 Å². The molecule has 2 heteroatoms. The van der Waals surface area contributed by atoms with Crippen molar-refractivity contribution in [1.29, 1.82) is 0 Å². The summed E-state index contributed by atoms with van der Waals surface area (Å²) in [6, 6.07) is 9.16. The summed E-state index contributed by atoms with van der Waals surface area (Å²) in [6.07, 6.45) is 2.29. The van der Waals surface area contributed by atoms with Crippen LogP contribution in [0.4, 0.5) is 0 Å². The van der Waals surface area contributed by atoms with Gasteiger partial charge in [0.25, 0.3) is 0 Å². The summed E-state index contributed by atoms with van der Waals surface area (Å²) in [7, 11) is 2.16. The molecule has 0 spiro atoms. The number of benzene rings is 1. The van der Waals surface area contributed by atoms with Crippen LogP contribution in [-0.4, -0.2) is 13.3 Å². The van der Waals surface area contributed by atoms with Crippen LogP contribution in [-0.2, 0) is 7.05 Å². The number of aryl methyl sites for hydroxylation is 4. The normalized spacial score (nSPS) is 11.8. The van der Waals surface area contributed by atoms with Gasteiger partial charge in [-0.15, -0.1) is 0 Å². The Hall–Kier alpha value is -1.09. The number of pyridine rings is 1. The molecule has 1 aromatic heterocycles. The number of hydrogen-bond acceptors (Lipinski definition) is 0. The maximum atomic E-state index is 2.47. The predicted octanol–water partition coefficient (Wildman–Crippen LogP) is 3.65. The van der Waals surface area contributed by atoms with Crippen molar-refractivity contribution in [3.63, 3.8) is 0 Å². The topological polar surface area (TPSA) is 3.88 Å². The Balaban J connectivity index is 2.71. The van der Waals surface area contributed by atoms with Gasteiger partial charge in [-0.05, 0) is 0 Å². The fourth-order valence-electron chi connectivity index (χ4n) is 2.87. The Morgan fingerprint density at radius 2 is 1.55 bits per heavy atom. The third-order valence-electron chi connectivity index (χ3n) is 3.95. The van der Waals surface area contributed by atoms with E-state index >= 15 is 0 Å². The van der Waals surface area contributed by atoms with Gasteiger partial charge in [-0.25, -0.2) is 0 Å². The van der Waals surface area contributed by atoms with Crippen molar-refractivity contribution in [2.75, 3.05) is 0 Å². The van der Waals surface area contributed by atoms with E-state index in [4.69, 9.17) is 0 Å². The zero-order chi connectivity index (χ0) is 15.1. The average molecular weight is 329 g/mol. The fourth-order valence-corrected chi connectivity index (χ4v) is 6.68. The predicted molar refractivity (Wildman–Crippen MR) is 90.2 cm³/mol. The van der Waals surface area contributed by atoms with Gasteiger partial charge in [0.15, 0.2) is 0 Å². The third kappa shape index (κ3) is 2.98. The van der Waals surface area contributed by atoms with Crippen LogP contribution in [0.3, 0.4) is 0 Å². The van der Waals surface area contributed by atoms with Gasteiger partial charge < -0.3 is 0 Å². The zero-order valence-electron chi connectivity index (χ0n) is 13.8. The molecule has 0 amide bonds. The minimum atomic E-state index is -1.83. The van der Waals surface area contributed by atoms with Gasteiger partial charge in [-0.3, -0.25) is 0 Å². The summed E-state index contributed by atoms with van der Waals surface area (Å²) in [5.41, 5.74) is 6.81. The molecule has 0 bridgehead atoms. The molecular weight excluding hydrogens is 303 g/mol. The Morgan fingerprint density at radius 3 is 2.15 bits per heavy atom. The summed E-state index contributed by atoms with van der Waals surface area (Å²) in [6.45, 7) is 6.62. The van der Waals surface area contributed by atoms with Crippen LogP contribution in [0.15, 0.2) is 30.5 Å². The third-order valence-corrected chi connectivity index (χ3v) is 8.47. The van der Waals surface area contributed by atoms with Crippen LogP contribution < -0.4 is 8.96 Å². The minimum absolute atomic E-state index is 1.32. The molecule has 106 valence electrons. The Bertz CT molecular complexity index is 651. The Labute approximate surface area is 126 Å². The summed E-state index contributed by atoms with van der Waals surface area (Å²) in [4.78, 5) is 0. The first-order chi connectivity index (χ1) is 9.20. The first-order valence-corrected chi connectivity index (χ1v) is 14.6. The van der Waals surface area contributed by atoms with Crippen LogP contribution in [0.25, 0.3) is 11.3 Å². The standard InChI is InChI=1S/C18H26GeN/c1-13-8-9-14(2)16(10-13)18-11-17(19(4,5)6)15(3)12-20(18)7/h8-12H,1-7H3/q+1. The number of nitrogens with zero attached hydrogens (tertiary/aromatic N) is 1. The maximum absolute atomic E-state index is 2.47. The van der Waals surface area contributed by atoms with E-state index in [0.29, 0.717) is 0 Å². The van der Waals surface area contributed by atoms with Gasteiger partial charge in [-0.2, -0.15) is 0 Å². The quantitative estimate of drug-likeness (QED) is 0.585. The molecule has 0 atom stereocenters. The number of hydrogen-bond donors (Lipinski definition) is 0. The molecule has 0 saturated heterocycles. The molecule has 0 aliphatic heterocycles. The second-order valence-corrected chi connectivity index (χ2v) is 17.5. The average Bonchev–Trinajstić information content (AvgIpc) is 2.31.